The molecule has 0 radical (unpaired) electrons. The van der Waals surface area contributed by atoms with Gasteiger partial charge in [0.1, 0.15) is 0 Å². The molecule has 0 aliphatic carbocycles. The standard InChI is InChI=1S/C19H22N2O/c1-2-12-9-13-10-17(22)21-16-6-4-3-5-14(16)15-7-8-20(11-12)18(13)19(15)21/h3-6,12-13,18H,2,7-11H2,1H3/t12-,13+,18+/m1/s1. The molecule has 3 atom stereocenters. The second kappa shape index (κ2) is 4.45. The van der Waals surface area contributed by atoms with Gasteiger partial charge in [-0.05, 0) is 36.3 Å². The van der Waals surface area contributed by atoms with Crippen LogP contribution in [0.4, 0.5) is 0 Å². The highest BCUT2D eigenvalue weighted by atomic mass is 16.2. The lowest BCUT2D eigenvalue weighted by Crippen LogP contribution is -2.50. The minimum Gasteiger partial charge on any atom is -0.294 e. The molecule has 0 N–H and O–H groups in total. The Labute approximate surface area is 130 Å². The Bertz CT molecular complexity index is 775. The third kappa shape index (κ3) is 1.52. The maximum atomic E-state index is 12.8. The highest BCUT2D eigenvalue weighted by Crippen LogP contribution is 2.49. The van der Waals surface area contributed by atoms with Crippen LogP contribution in [0.15, 0.2) is 24.3 Å². The Morgan fingerprint density at radius 2 is 2.14 bits per heavy atom. The summed E-state index contributed by atoms with van der Waals surface area (Å²) < 4.78 is 2.06. The fourth-order valence-corrected chi connectivity index (χ4v) is 5.23. The third-order valence-corrected chi connectivity index (χ3v) is 6.18. The normalized spacial score (nSPS) is 30.6. The first-order valence-electron chi connectivity index (χ1n) is 8.67. The molecule has 0 amide bonds. The van der Waals surface area contributed by atoms with E-state index in [9.17, 15) is 4.79 Å². The molecule has 0 saturated carbocycles. The van der Waals surface area contributed by atoms with Crippen molar-refractivity contribution in [2.24, 2.45) is 11.8 Å². The molecule has 2 aromatic rings. The zero-order valence-electron chi connectivity index (χ0n) is 13.1. The highest BCUT2D eigenvalue weighted by molar-refractivity contribution is 5.97. The molecule has 3 nitrogen and oxygen atoms in total. The van der Waals surface area contributed by atoms with E-state index in [1.54, 1.807) is 0 Å². The number of hydrogen-bond acceptors (Lipinski definition) is 2. The zero-order chi connectivity index (χ0) is 14.8. The van der Waals surface area contributed by atoms with Crippen LogP contribution in [0.5, 0.6) is 0 Å². The number of aromatic nitrogens is 1. The summed E-state index contributed by atoms with van der Waals surface area (Å²) in [6.45, 7) is 4.67. The highest BCUT2D eigenvalue weighted by Gasteiger charge is 2.46. The lowest BCUT2D eigenvalue weighted by atomic mass is 9.74. The Balaban J connectivity index is 1.76. The quantitative estimate of drug-likeness (QED) is 0.802. The number of hydrogen-bond donors (Lipinski definition) is 0. The molecule has 22 heavy (non-hydrogen) atoms. The van der Waals surface area contributed by atoms with Gasteiger partial charge in [0.15, 0.2) is 0 Å². The second-order valence-corrected chi connectivity index (χ2v) is 7.27. The van der Waals surface area contributed by atoms with Crippen LogP contribution in [0.1, 0.15) is 48.3 Å². The number of para-hydroxylation sites is 1. The third-order valence-electron chi connectivity index (χ3n) is 6.18. The van der Waals surface area contributed by atoms with Crippen LogP contribution in [0, 0.1) is 11.8 Å². The largest absolute Gasteiger partial charge is 0.294 e. The second-order valence-electron chi connectivity index (χ2n) is 7.27. The lowest BCUT2D eigenvalue weighted by Gasteiger charge is -2.49. The van der Waals surface area contributed by atoms with E-state index in [-0.39, 0.29) is 0 Å². The van der Waals surface area contributed by atoms with Crippen molar-refractivity contribution in [1.82, 2.24) is 9.47 Å². The van der Waals surface area contributed by atoms with Gasteiger partial charge in [-0.15, -0.1) is 0 Å². The van der Waals surface area contributed by atoms with E-state index in [1.807, 2.05) is 0 Å². The van der Waals surface area contributed by atoms with E-state index in [2.05, 4.69) is 40.7 Å². The summed E-state index contributed by atoms with van der Waals surface area (Å²) in [5.74, 6) is 1.62. The van der Waals surface area contributed by atoms with Crippen LogP contribution in [0.3, 0.4) is 0 Å². The fourth-order valence-electron chi connectivity index (χ4n) is 5.23. The molecule has 0 bridgehead atoms. The summed E-state index contributed by atoms with van der Waals surface area (Å²) in [5.41, 5.74) is 3.92. The first kappa shape index (κ1) is 12.9. The maximum Gasteiger partial charge on any atom is 0.231 e. The van der Waals surface area contributed by atoms with E-state index >= 15 is 0 Å². The zero-order valence-corrected chi connectivity index (χ0v) is 13.1. The molecular weight excluding hydrogens is 272 g/mol. The molecule has 0 unspecified atom stereocenters. The Morgan fingerprint density at radius 3 is 3.00 bits per heavy atom. The smallest absolute Gasteiger partial charge is 0.231 e. The van der Waals surface area contributed by atoms with Crippen molar-refractivity contribution in [3.63, 3.8) is 0 Å². The van der Waals surface area contributed by atoms with Gasteiger partial charge in [-0.25, -0.2) is 0 Å². The van der Waals surface area contributed by atoms with Gasteiger partial charge in [-0.3, -0.25) is 14.3 Å². The summed E-state index contributed by atoms with van der Waals surface area (Å²) in [4.78, 5) is 15.5. The van der Waals surface area contributed by atoms with Crippen LogP contribution in [-0.4, -0.2) is 28.5 Å². The number of carbonyl (C=O) groups excluding carboxylic acids is 1. The molecule has 4 heterocycles. The van der Waals surface area contributed by atoms with Crippen molar-refractivity contribution >= 4 is 16.8 Å². The first-order valence-corrected chi connectivity index (χ1v) is 8.67. The number of benzene rings is 1. The van der Waals surface area contributed by atoms with E-state index < -0.39 is 0 Å². The number of fused-ring (bicyclic) bond motifs is 3. The van der Waals surface area contributed by atoms with Crippen LogP contribution >= 0.6 is 0 Å². The molecule has 3 aliphatic rings. The molecule has 1 aromatic heterocycles. The molecule has 1 fully saturated rings. The van der Waals surface area contributed by atoms with Crippen molar-refractivity contribution in [3.8, 4) is 0 Å². The van der Waals surface area contributed by atoms with Crippen molar-refractivity contribution in [1.29, 1.82) is 0 Å². The molecule has 3 heteroatoms. The number of piperidine rings is 1. The lowest BCUT2D eigenvalue weighted by molar-refractivity contribution is 0.0238. The van der Waals surface area contributed by atoms with Crippen molar-refractivity contribution < 1.29 is 4.79 Å². The maximum absolute atomic E-state index is 12.8. The van der Waals surface area contributed by atoms with Crippen molar-refractivity contribution in [2.75, 3.05) is 13.1 Å². The van der Waals surface area contributed by atoms with Crippen molar-refractivity contribution in [2.45, 2.75) is 38.6 Å². The average Bonchev–Trinajstić information content (AvgIpc) is 2.89. The topological polar surface area (TPSA) is 25.2 Å². The van der Waals surface area contributed by atoms with Crippen molar-refractivity contribution in [3.05, 3.63) is 35.5 Å². The number of carbonyl (C=O) groups is 1. The molecule has 3 aliphatic heterocycles. The van der Waals surface area contributed by atoms with Crippen LogP contribution < -0.4 is 0 Å². The van der Waals surface area contributed by atoms with Gasteiger partial charge in [0, 0.05) is 30.6 Å². The van der Waals surface area contributed by atoms with E-state index in [0.717, 1.165) is 30.8 Å². The Kier molecular flexibility index (Phi) is 2.61. The minimum atomic E-state index is 0.317. The molecule has 1 saturated heterocycles. The Morgan fingerprint density at radius 1 is 1.27 bits per heavy atom. The SMILES string of the molecule is CC[C@@H]1C[C@H]2CC(=O)n3c4c(c5ccccc53)CCN(C1)[C@H]42. The van der Waals surface area contributed by atoms with Crippen LogP contribution in [-0.2, 0) is 6.42 Å². The predicted octanol–water partition coefficient (Wildman–Crippen LogP) is 3.63. The van der Waals surface area contributed by atoms with Crippen LogP contribution in [0.25, 0.3) is 10.9 Å². The fraction of sp³-hybridized carbons (Fsp3) is 0.526. The first-order chi connectivity index (χ1) is 10.8. The average molecular weight is 294 g/mol. The van der Waals surface area contributed by atoms with Crippen LogP contribution in [0.2, 0.25) is 0 Å². The van der Waals surface area contributed by atoms with E-state index in [4.69, 9.17) is 0 Å². The predicted molar refractivity (Wildman–Crippen MR) is 87.1 cm³/mol. The summed E-state index contributed by atoms with van der Waals surface area (Å²) >= 11 is 0. The van der Waals surface area contributed by atoms with Gasteiger partial charge in [-0.2, -0.15) is 0 Å². The van der Waals surface area contributed by atoms with Gasteiger partial charge in [0.2, 0.25) is 5.91 Å². The molecular formula is C19H22N2O. The molecule has 1 aromatic carbocycles. The number of nitrogens with zero attached hydrogens (tertiary/aromatic N) is 2. The molecule has 114 valence electrons. The summed E-state index contributed by atoms with van der Waals surface area (Å²) in [7, 11) is 0. The summed E-state index contributed by atoms with van der Waals surface area (Å²) in [5, 5.41) is 1.31. The van der Waals surface area contributed by atoms with Gasteiger partial charge in [0.25, 0.3) is 0 Å². The molecule has 0 spiro atoms. The minimum absolute atomic E-state index is 0.317. The number of rotatable bonds is 1. The molecule has 5 rings (SSSR count). The monoisotopic (exact) mass is 294 g/mol. The van der Waals surface area contributed by atoms with E-state index in [0.29, 0.717) is 17.9 Å². The van der Waals surface area contributed by atoms with Gasteiger partial charge < -0.3 is 0 Å². The summed E-state index contributed by atoms with van der Waals surface area (Å²) in [6.07, 6.45) is 4.28. The Hall–Kier alpha value is -1.61. The summed E-state index contributed by atoms with van der Waals surface area (Å²) in [6, 6.07) is 8.96. The van der Waals surface area contributed by atoms with Gasteiger partial charge >= 0.3 is 0 Å². The van der Waals surface area contributed by atoms with E-state index in [1.165, 1.54) is 36.0 Å². The van der Waals surface area contributed by atoms with Gasteiger partial charge in [0.05, 0.1) is 11.6 Å². The van der Waals surface area contributed by atoms with Gasteiger partial charge in [-0.1, -0.05) is 31.5 Å².